The molecule has 0 fully saturated rings. The number of hydrogen-bond donors (Lipinski definition) is 0. The lowest BCUT2D eigenvalue weighted by atomic mass is 10.2. The second kappa shape index (κ2) is 4.45. The number of hydrogen-bond acceptors (Lipinski definition) is 2. The fourth-order valence-corrected chi connectivity index (χ4v) is 1.26. The van der Waals surface area contributed by atoms with Gasteiger partial charge in [0.2, 0.25) is 0 Å². The predicted octanol–water partition coefficient (Wildman–Crippen LogP) is 2.38. The van der Waals surface area contributed by atoms with Gasteiger partial charge in [-0.1, -0.05) is 18.6 Å². The Morgan fingerprint density at radius 2 is 2.42 bits per heavy atom. The van der Waals surface area contributed by atoms with E-state index in [9.17, 15) is 0 Å². The first-order valence-electron chi connectivity index (χ1n) is 4.24. The van der Waals surface area contributed by atoms with E-state index in [-0.39, 0.29) is 0 Å². The molecule has 1 atom stereocenters. The van der Waals surface area contributed by atoms with Crippen LogP contribution in [0.3, 0.4) is 0 Å². The van der Waals surface area contributed by atoms with Gasteiger partial charge in [-0.25, -0.2) is 4.68 Å². The highest BCUT2D eigenvalue weighted by Crippen LogP contribution is 2.11. The molecular weight excluding hydrogens is 174 g/mol. The van der Waals surface area contributed by atoms with Crippen LogP contribution in [-0.4, -0.2) is 15.0 Å². The summed E-state index contributed by atoms with van der Waals surface area (Å²) in [6.07, 6.45) is 4.20. The molecule has 0 saturated carbocycles. The molecule has 0 N–H and O–H groups in total. The highest BCUT2D eigenvalue weighted by Gasteiger charge is 2.05. The van der Waals surface area contributed by atoms with Crippen molar-refractivity contribution >= 4 is 11.6 Å². The Morgan fingerprint density at radius 3 is 2.92 bits per heavy atom. The van der Waals surface area contributed by atoms with Crippen LogP contribution in [0.2, 0.25) is 0 Å². The van der Waals surface area contributed by atoms with Crippen molar-refractivity contribution in [2.24, 2.45) is 0 Å². The minimum absolute atomic E-state index is 0.430. The lowest BCUT2D eigenvalue weighted by Crippen LogP contribution is -2.05. The second-order valence-electron chi connectivity index (χ2n) is 2.96. The predicted molar refractivity (Wildman–Crippen MR) is 49.2 cm³/mol. The molecule has 68 valence electrons. The van der Waals surface area contributed by atoms with Gasteiger partial charge in [0.15, 0.2) is 0 Å². The van der Waals surface area contributed by atoms with Gasteiger partial charge >= 0.3 is 0 Å². The van der Waals surface area contributed by atoms with Crippen molar-refractivity contribution in [3.8, 4) is 0 Å². The van der Waals surface area contributed by atoms with Crippen molar-refractivity contribution in [2.45, 2.75) is 38.6 Å². The monoisotopic (exact) mass is 187 g/mol. The summed E-state index contributed by atoms with van der Waals surface area (Å²) in [6, 6.07) is 0.430. The van der Waals surface area contributed by atoms with Crippen molar-refractivity contribution in [2.75, 3.05) is 0 Å². The quantitative estimate of drug-likeness (QED) is 0.678. The van der Waals surface area contributed by atoms with Crippen LogP contribution in [0.5, 0.6) is 0 Å². The van der Waals surface area contributed by atoms with Crippen LogP contribution in [0.1, 0.15) is 38.4 Å². The third-order valence-corrected chi connectivity index (χ3v) is 2.13. The maximum atomic E-state index is 5.61. The summed E-state index contributed by atoms with van der Waals surface area (Å²) in [5.74, 6) is 0.443. The molecule has 1 rings (SSSR count). The summed E-state index contributed by atoms with van der Waals surface area (Å²) in [5.41, 5.74) is 0.847. The van der Waals surface area contributed by atoms with Gasteiger partial charge in [-0.3, -0.25) is 0 Å². The van der Waals surface area contributed by atoms with Gasteiger partial charge in [0.05, 0.1) is 17.6 Å². The molecule has 1 aromatic rings. The number of alkyl halides is 1. The SMILES string of the molecule is CCCC(C)n1cc(CCl)nn1. The van der Waals surface area contributed by atoms with Gasteiger partial charge in [0.25, 0.3) is 0 Å². The van der Waals surface area contributed by atoms with E-state index in [1.54, 1.807) is 0 Å². The van der Waals surface area contributed by atoms with E-state index in [4.69, 9.17) is 11.6 Å². The van der Waals surface area contributed by atoms with Crippen molar-refractivity contribution in [3.63, 3.8) is 0 Å². The fourth-order valence-electron chi connectivity index (χ4n) is 1.14. The molecular formula is C8H14ClN3. The Labute approximate surface area is 77.7 Å². The first-order chi connectivity index (χ1) is 5.77. The third-order valence-electron chi connectivity index (χ3n) is 1.85. The Bertz CT molecular complexity index is 234. The summed E-state index contributed by atoms with van der Waals surface area (Å²) >= 11 is 5.61. The van der Waals surface area contributed by atoms with Crippen molar-refractivity contribution in [1.82, 2.24) is 15.0 Å². The van der Waals surface area contributed by atoms with E-state index in [1.807, 2.05) is 10.9 Å². The smallest absolute Gasteiger partial charge is 0.0974 e. The van der Waals surface area contributed by atoms with Crippen LogP contribution < -0.4 is 0 Å². The topological polar surface area (TPSA) is 30.7 Å². The van der Waals surface area contributed by atoms with Crippen LogP contribution >= 0.6 is 11.6 Å². The van der Waals surface area contributed by atoms with E-state index >= 15 is 0 Å². The molecule has 0 saturated heterocycles. The molecule has 1 heterocycles. The highest BCUT2D eigenvalue weighted by atomic mass is 35.5. The van der Waals surface area contributed by atoms with Gasteiger partial charge in [-0.2, -0.15) is 0 Å². The molecule has 3 nitrogen and oxygen atoms in total. The molecule has 0 aromatic carbocycles. The molecule has 1 aromatic heterocycles. The van der Waals surface area contributed by atoms with Gasteiger partial charge < -0.3 is 0 Å². The second-order valence-corrected chi connectivity index (χ2v) is 3.23. The zero-order valence-corrected chi connectivity index (χ0v) is 8.25. The number of rotatable bonds is 4. The summed E-state index contributed by atoms with van der Waals surface area (Å²) in [4.78, 5) is 0. The number of aromatic nitrogens is 3. The Kier molecular flexibility index (Phi) is 3.53. The Morgan fingerprint density at radius 1 is 1.67 bits per heavy atom. The summed E-state index contributed by atoms with van der Waals surface area (Å²) < 4.78 is 1.88. The molecule has 12 heavy (non-hydrogen) atoms. The van der Waals surface area contributed by atoms with Crippen LogP contribution in [0, 0.1) is 0 Å². The van der Waals surface area contributed by atoms with Gasteiger partial charge in [0, 0.05) is 6.20 Å². The average Bonchev–Trinajstić information content (AvgIpc) is 2.52. The Hall–Kier alpha value is -0.570. The molecule has 0 bridgehead atoms. The lowest BCUT2D eigenvalue weighted by Gasteiger charge is -2.08. The van der Waals surface area contributed by atoms with Crippen LogP contribution in [0.4, 0.5) is 0 Å². The molecule has 0 amide bonds. The maximum Gasteiger partial charge on any atom is 0.0974 e. The molecule has 4 heteroatoms. The molecule has 0 aliphatic rings. The molecule has 1 unspecified atom stereocenters. The third kappa shape index (κ3) is 2.21. The van der Waals surface area contributed by atoms with Crippen LogP contribution in [0.15, 0.2) is 6.20 Å². The van der Waals surface area contributed by atoms with Crippen molar-refractivity contribution in [3.05, 3.63) is 11.9 Å². The number of halogens is 1. The maximum absolute atomic E-state index is 5.61. The van der Waals surface area contributed by atoms with E-state index in [0.717, 1.165) is 18.5 Å². The molecule has 0 aliphatic carbocycles. The minimum Gasteiger partial charge on any atom is -0.249 e. The fraction of sp³-hybridized carbons (Fsp3) is 0.750. The lowest BCUT2D eigenvalue weighted by molar-refractivity contribution is 0.443. The van der Waals surface area contributed by atoms with Crippen LogP contribution in [-0.2, 0) is 5.88 Å². The summed E-state index contributed by atoms with van der Waals surface area (Å²) in [7, 11) is 0. The van der Waals surface area contributed by atoms with Crippen molar-refractivity contribution in [1.29, 1.82) is 0 Å². The van der Waals surface area contributed by atoms with Crippen molar-refractivity contribution < 1.29 is 0 Å². The normalized spacial score (nSPS) is 13.2. The first-order valence-corrected chi connectivity index (χ1v) is 4.78. The minimum atomic E-state index is 0.430. The zero-order chi connectivity index (χ0) is 8.97. The highest BCUT2D eigenvalue weighted by molar-refractivity contribution is 6.16. The van der Waals surface area contributed by atoms with E-state index in [0.29, 0.717) is 11.9 Å². The summed E-state index contributed by atoms with van der Waals surface area (Å²) in [6.45, 7) is 4.30. The first kappa shape index (κ1) is 9.52. The van der Waals surface area contributed by atoms with Gasteiger partial charge in [-0.15, -0.1) is 16.7 Å². The van der Waals surface area contributed by atoms with Crippen LogP contribution in [0.25, 0.3) is 0 Å². The molecule has 0 spiro atoms. The van der Waals surface area contributed by atoms with E-state index in [2.05, 4.69) is 24.2 Å². The zero-order valence-electron chi connectivity index (χ0n) is 7.50. The largest absolute Gasteiger partial charge is 0.249 e. The van der Waals surface area contributed by atoms with Gasteiger partial charge in [0.1, 0.15) is 0 Å². The van der Waals surface area contributed by atoms with E-state index < -0.39 is 0 Å². The summed E-state index contributed by atoms with van der Waals surface area (Å²) in [5, 5.41) is 7.91. The molecule has 0 radical (unpaired) electrons. The van der Waals surface area contributed by atoms with Gasteiger partial charge in [-0.05, 0) is 13.3 Å². The number of nitrogens with zero attached hydrogens (tertiary/aromatic N) is 3. The Balaban J connectivity index is 2.61. The standard InChI is InChI=1S/C8H14ClN3/c1-3-4-7(2)12-6-8(5-9)10-11-12/h6-7H,3-5H2,1-2H3. The molecule has 0 aliphatic heterocycles. The average molecular weight is 188 g/mol. The van der Waals surface area contributed by atoms with E-state index in [1.165, 1.54) is 0 Å².